The van der Waals surface area contributed by atoms with Gasteiger partial charge in [0.15, 0.2) is 0 Å². The van der Waals surface area contributed by atoms with Gasteiger partial charge in [-0.1, -0.05) is 96.1 Å². The first-order valence-electron chi connectivity index (χ1n) is 12.4. The Balaban J connectivity index is 0.000000148. The molecule has 4 aromatic carbocycles. The summed E-state index contributed by atoms with van der Waals surface area (Å²) in [5.41, 5.74) is 8.50. The summed E-state index contributed by atoms with van der Waals surface area (Å²) in [5, 5.41) is 6.15. The molecule has 4 nitrogen and oxygen atoms in total. The van der Waals surface area contributed by atoms with Gasteiger partial charge in [0.2, 0.25) is 0 Å². The second kappa shape index (κ2) is 10.2. The molecule has 0 saturated heterocycles. The molecule has 0 radical (unpaired) electrons. The highest BCUT2D eigenvalue weighted by Crippen LogP contribution is 2.27. The molecular weight excluding hydrogens is 444 g/mol. The average Bonchev–Trinajstić information content (AvgIpc) is 2.91. The molecule has 2 aliphatic heterocycles. The second-order valence-electron chi connectivity index (χ2n) is 9.60. The molecule has 2 amide bonds. The molecule has 2 aliphatic rings. The van der Waals surface area contributed by atoms with Crippen LogP contribution >= 0.6 is 0 Å². The van der Waals surface area contributed by atoms with E-state index in [1.165, 1.54) is 0 Å². The number of hydrogen-bond acceptors (Lipinski definition) is 2. The molecule has 2 N–H and O–H groups in total. The molecule has 0 spiro atoms. The van der Waals surface area contributed by atoms with Crippen LogP contribution in [0.2, 0.25) is 0 Å². The molecule has 0 aliphatic carbocycles. The van der Waals surface area contributed by atoms with Gasteiger partial charge in [-0.2, -0.15) is 0 Å². The summed E-state index contributed by atoms with van der Waals surface area (Å²) in [6, 6.07) is 32.6. The number of nitrogens with one attached hydrogen (secondary N) is 2. The van der Waals surface area contributed by atoms with Crippen LogP contribution in [0.5, 0.6) is 0 Å². The van der Waals surface area contributed by atoms with E-state index in [0.29, 0.717) is 0 Å². The average molecular weight is 475 g/mol. The number of rotatable bonds is 2. The van der Waals surface area contributed by atoms with Gasteiger partial charge in [-0.25, -0.2) is 0 Å². The first-order chi connectivity index (χ1) is 17.5. The third-order valence-electron chi connectivity index (χ3n) is 6.88. The molecule has 0 unspecified atom stereocenters. The molecule has 4 aromatic rings. The Morgan fingerprint density at radius 3 is 1.33 bits per heavy atom. The van der Waals surface area contributed by atoms with Crippen molar-refractivity contribution in [1.82, 2.24) is 10.6 Å². The van der Waals surface area contributed by atoms with Gasteiger partial charge in [0, 0.05) is 11.1 Å². The van der Waals surface area contributed by atoms with E-state index >= 15 is 0 Å². The van der Waals surface area contributed by atoms with Crippen LogP contribution in [0.4, 0.5) is 0 Å². The number of aryl methyl sites for hydroxylation is 2. The summed E-state index contributed by atoms with van der Waals surface area (Å²) in [4.78, 5) is 24.2. The number of benzene rings is 4. The SMILES string of the molecule is Cc1ccc2c(c1)C(=O)N[C@H](c1ccccc1)C2.Cc1ccc2c(c1)C(=O)N[C@H](c1ccccc1)C2. The summed E-state index contributed by atoms with van der Waals surface area (Å²) < 4.78 is 0. The fourth-order valence-corrected chi connectivity index (χ4v) is 4.95. The molecule has 180 valence electrons. The van der Waals surface area contributed by atoms with Crippen LogP contribution < -0.4 is 10.6 Å². The van der Waals surface area contributed by atoms with Crippen molar-refractivity contribution in [2.24, 2.45) is 0 Å². The molecule has 0 bridgehead atoms. The van der Waals surface area contributed by atoms with E-state index in [9.17, 15) is 9.59 Å². The summed E-state index contributed by atoms with van der Waals surface area (Å²) in [5.74, 6) is 0.0719. The Bertz CT molecular complexity index is 1290. The number of hydrogen-bond donors (Lipinski definition) is 2. The molecule has 2 heterocycles. The maximum absolute atomic E-state index is 12.1. The quantitative estimate of drug-likeness (QED) is 0.372. The molecule has 4 heteroatoms. The minimum Gasteiger partial charge on any atom is -0.345 e. The van der Waals surface area contributed by atoms with E-state index in [0.717, 1.165) is 57.3 Å². The van der Waals surface area contributed by atoms with Crippen molar-refractivity contribution >= 4 is 11.8 Å². The van der Waals surface area contributed by atoms with E-state index in [4.69, 9.17) is 0 Å². The highest BCUT2D eigenvalue weighted by molar-refractivity contribution is 5.98. The lowest BCUT2D eigenvalue weighted by Crippen LogP contribution is -2.35. The molecule has 0 aromatic heterocycles. The van der Waals surface area contributed by atoms with E-state index in [1.54, 1.807) is 0 Å². The minimum atomic E-state index is 0.0359. The Kier molecular flexibility index (Phi) is 6.68. The van der Waals surface area contributed by atoms with Crippen molar-refractivity contribution in [2.45, 2.75) is 38.8 Å². The Hall–Kier alpha value is -4.18. The van der Waals surface area contributed by atoms with Crippen molar-refractivity contribution in [3.05, 3.63) is 142 Å². The smallest absolute Gasteiger partial charge is 0.252 e. The van der Waals surface area contributed by atoms with Crippen LogP contribution in [0.15, 0.2) is 97.1 Å². The molecule has 0 saturated carbocycles. The van der Waals surface area contributed by atoms with E-state index in [-0.39, 0.29) is 23.9 Å². The summed E-state index contributed by atoms with van der Waals surface area (Å²) >= 11 is 0. The lowest BCUT2D eigenvalue weighted by Gasteiger charge is -2.26. The molecule has 2 atom stereocenters. The fourth-order valence-electron chi connectivity index (χ4n) is 4.95. The predicted octanol–water partition coefficient (Wildman–Crippen LogP) is 6.04. The van der Waals surface area contributed by atoms with Gasteiger partial charge in [0.1, 0.15) is 0 Å². The van der Waals surface area contributed by atoms with Gasteiger partial charge in [-0.15, -0.1) is 0 Å². The first kappa shape index (κ1) is 23.6. The zero-order valence-electron chi connectivity index (χ0n) is 20.6. The first-order valence-corrected chi connectivity index (χ1v) is 12.4. The third-order valence-corrected chi connectivity index (χ3v) is 6.88. The molecule has 6 rings (SSSR count). The minimum absolute atomic E-state index is 0.0359. The number of amides is 2. The number of carbonyl (C=O) groups excluding carboxylic acids is 2. The van der Waals surface area contributed by atoms with Crippen molar-refractivity contribution in [3.63, 3.8) is 0 Å². The van der Waals surface area contributed by atoms with Crippen LogP contribution in [-0.2, 0) is 12.8 Å². The van der Waals surface area contributed by atoms with Crippen LogP contribution in [0.1, 0.15) is 66.2 Å². The van der Waals surface area contributed by atoms with Crippen molar-refractivity contribution in [3.8, 4) is 0 Å². The van der Waals surface area contributed by atoms with Gasteiger partial charge in [0.25, 0.3) is 11.8 Å². The number of carbonyl (C=O) groups is 2. The maximum atomic E-state index is 12.1. The van der Waals surface area contributed by atoms with Crippen molar-refractivity contribution in [1.29, 1.82) is 0 Å². The monoisotopic (exact) mass is 474 g/mol. The largest absolute Gasteiger partial charge is 0.345 e. The normalized spacial score (nSPS) is 18.1. The lowest BCUT2D eigenvalue weighted by atomic mass is 9.90. The Labute approximate surface area is 212 Å². The van der Waals surface area contributed by atoms with E-state index in [2.05, 4.69) is 59.2 Å². The van der Waals surface area contributed by atoms with Crippen LogP contribution in [0.25, 0.3) is 0 Å². The van der Waals surface area contributed by atoms with E-state index < -0.39 is 0 Å². The van der Waals surface area contributed by atoms with E-state index in [1.807, 2.05) is 62.4 Å². The molecular formula is C32H30N2O2. The van der Waals surface area contributed by atoms with Gasteiger partial charge < -0.3 is 10.6 Å². The second-order valence-corrected chi connectivity index (χ2v) is 9.60. The predicted molar refractivity (Wildman–Crippen MR) is 143 cm³/mol. The number of fused-ring (bicyclic) bond motifs is 2. The summed E-state index contributed by atoms with van der Waals surface area (Å²) in [6.07, 6.45) is 1.73. The highest BCUT2D eigenvalue weighted by atomic mass is 16.2. The highest BCUT2D eigenvalue weighted by Gasteiger charge is 2.26. The molecule has 36 heavy (non-hydrogen) atoms. The van der Waals surface area contributed by atoms with Crippen LogP contribution in [0, 0.1) is 13.8 Å². The van der Waals surface area contributed by atoms with Gasteiger partial charge >= 0.3 is 0 Å². The van der Waals surface area contributed by atoms with Crippen LogP contribution in [-0.4, -0.2) is 11.8 Å². The van der Waals surface area contributed by atoms with Gasteiger partial charge in [-0.3, -0.25) is 9.59 Å². The summed E-state index contributed by atoms with van der Waals surface area (Å²) in [6.45, 7) is 4.02. The standard InChI is InChI=1S/2C16H15NO/c2*1-11-7-8-13-10-15(12-5-3-2-4-6-12)17-16(18)14(13)9-11/h2*2-9,15H,10H2,1H3,(H,17,18)/t2*15-/m00/s1. The zero-order valence-corrected chi connectivity index (χ0v) is 20.6. The van der Waals surface area contributed by atoms with Crippen LogP contribution in [0.3, 0.4) is 0 Å². The van der Waals surface area contributed by atoms with Crippen molar-refractivity contribution in [2.75, 3.05) is 0 Å². The Morgan fingerprint density at radius 2 is 0.944 bits per heavy atom. The zero-order chi connectivity index (χ0) is 25.1. The third kappa shape index (κ3) is 5.08. The summed E-state index contributed by atoms with van der Waals surface area (Å²) in [7, 11) is 0. The van der Waals surface area contributed by atoms with Crippen molar-refractivity contribution < 1.29 is 9.59 Å². The van der Waals surface area contributed by atoms with Gasteiger partial charge in [-0.05, 0) is 61.1 Å². The maximum Gasteiger partial charge on any atom is 0.252 e. The fraction of sp³-hybridized carbons (Fsp3) is 0.188. The Morgan fingerprint density at radius 1 is 0.556 bits per heavy atom. The van der Waals surface area contributed by atoms with Gasteiger partial charge in [0.05, 0.1) is 12.1 Å². The lowest BCUT2D eigenvalue weighted by molar-refractivity contribution is 0.0916. The topological polar surface area (TPSA) is 58.2 Å². The molecule has 0 fully saturated rings.